The summed E-state index contributed by atoms with van der Waals surface area (Å²) in [6.45, 7) is 0. The van der Waals surface area contributed by atoms with Crippen molar-refractivity contribution in [1.29, 1.82) is 0 Å². The second-order valence-corrected chi connectivity index (χ2v) is 4.08. The van der Waals surface area contributed by atoms with Crippen LogP contribution in [-0.2, 0) is 9.53 Å². The molecule has 0 heterocycles. The number of benzene rings is 1. The first-order valence-corrected chi connectivity index (χ1v) is 5.44. The molecule has 0 bridgehead atoms. The first-order chi connectivity index (χ1) is 7.54. The summed E-state index contributed by atoms with van der Waals surface area (Å²) in [4.78, 5) is 11.2. The highest BCUT2D eigenvalue weighted by Gasteiger charge is 2.15. The molecule has 0 fully saturated rings. The van der Waals surface area contributed by atoms with E-state index in [0.29, 0.717) is 0 Å². The van der Waals surface area contributed by atoms with Gasteiger partial charge in [-0.05, 0) is 12.1 Å². The van der Waals surface area contributed by atoms with Crippen molar-refractivity contribution in [1.82, 2.24) is 0 Å². The van der Waals surface area contributed by atoms with Crippen LogP contribution in [0.5, 0.6) is 0 Å². The zero-order chi connectivity index (χ0) is 12.1. The van der Waals surface area contributed by atoms with E-state index in [0.717, 1.165) is 23.9 Å². The molecule has 6 heteroatoms. The Balaban J connectivity index is 2.58. The molecule has 1 atom stereocenters. The lowest BCUT2D eigenvalue weighted by Crippen LogP contribution is -2.33. The fourth-order valence-corrected chi connectivity index (χ4v) is 1.85. The van der Waals surface area contributed by atoms with Gasteiger partial charge in [-0.2, -0.15) is 0 Å². The lowest BCUT2D eigenvalue weighted by atomic mass is 10.3. The topological polar surface area (TPSA) is 52.3 Å². The van der Waals surface area contributed by atoms with E-state index in [9.17, 15) is 13.6 Å². The van der Waals surface area contributed by atoms with E-state index in [1.54, 1.807) is 0 Å². The quantitative estimate of drug-likeness (QED) is 0.648. The number of halogens is 2. The van der Waals surface area contributed by atoms with Gasteiger partial charge in [0, 0.05) is 16.7 Å². The third-order valence-corrected chi connectivity index (χ3v) is 2.98. The van der Waals surface area contributed by atoms with Crippen molar-refractivity contribution in [3.05, 3.63) is 29.8 Å². The average Bonchev–Trinajstić information content (AvgIpc) is 2.26. The van der Waals surface area contributed by atoms with Crippen LogP contribution in [0.15, 0.2) is 23.1 Å². The lowest BCUT2D eigenvalue weighted by molar-refractivity contribution is -0.141. The molecule has 0 aliphatic rings. The second kappa shape index (κ2) is 5.81. The van der Waals surface area contributed by atoms with Gasteiger partial charge in [0.05, 0.1) is 7.11 Å². The predicted molar refractivity (Wildman–Crippen MR) is 57.1 cm³/mol. The van der Waals surface area contributed by atoms with Gasteiger partial charge in [0.2, 0.25) is 0 Å². The molecule has 0 aromatic heterocycles. The van der Waals surface area contributed by atoms with Crippen LogP contribution < -0.4 is 5.73 Å². The number of hydrogen-bond acceptors (Lipinski definition) is 4. The Bertz CT molecular complexity index is 387. The highest BCUT2D eigenvalue weighted by atomic mass is 32.2. The molecule has 1 aromatic carbocycles. The fraction of sp³-hybridized carbons (Fsp3) is 0.300. The summed E-state index contributed by atoms with van der Waals surface area (Å²) in [5.41, 5.74) is 5.46. The summed E-state index contributed by atoms with van der Waals surface area (Å²) in [6, 6.07) is 2.42. The van der Waals surface area contributed by atoms with Gasteiger partial charge in [0.15, 0.2) is 0 Å². The molecular weight excluding hydrogens is 236 g/mol. The van der Waals surface area contributed by atoms with Crippen LogP contribution in [0.1, 0.15) is 0 Å². The molecule has 0 spiro atoms. The summed E-state index contributed by atoms with van der Waals surface area (Å²) in [5.74, 6) is -1.69. The highest BCUT2D eigenvalue weighted by molar-refractivity contribution is 7.99. The Morgan fingerprint density at radius 3 is 2.81 bits per heavy atom. The largest absolute Gasteiger partial charge is 0.468 e. The van der Waals surface area contributed by atoms with E-state index < -0.39 is 23.6 Å². The predicted octanol–water partition coefficient (Wildman–Crippen LogP) is 1.56. The molecule has 0 radical (unpaired) electrons. The molecular formula is C10H11F2NO2S. The molecule has 1 unspecified atom stereocenters. The third-order valence-electron chi connectivity index (χ3n) is 1.82. The number of carbonyl (C=O) groups excluding carboxylic acids is 1. The zero-order valence-electron chi connectivity index (χ0n) is 8.57. The number of rotatable bonds is 4. The van der Waals surface area contributed by atoms with Crippen LogP contribution >= 0.6 is 11.8 Å². The minimum Gasteiger partial charge on any atom is -0.468 e. The van der Waals surface area contributed by atoms with Crippen molar-refractivity contribution in [2.24, 2.45) is 5.73 Å². The van der Waals surface area contributed by atoms with Crippen molar-refractivity contribution in [2.45, 2.75) is 10.9 Å². The molecule has 88 valence electrons. The number of methoxy groups -OCH3 is 1. The standard InChI is InChI=1S/C10H11F2NO2S/c1-15-10(14)8(13)5-16-9-3-2-6(11)4-7(9)12/h2-4,8H,5,13H2,1H3. The van der Waals surface area contributed by atoms with Gasteiger partial charge in [-0.1, -0.05) is 0 Å². The maximum atomic E-state index is 13.2. The Labute approximate surface area is 96.0 Å². The van der Waals surface area contributed by atoms with Gasteiger partial charge < -0.3 is 10.5 Å². The normalized spacial score (nSPS) is 12.2. The van der Waals surface area contributed by atoms with Gasteiger partial charge >= 0.3 is 5.97 Å². The summed E-state index contributed by atoms with van der Waals surface area (Å²) in [6.07, 6.45) is 0. The number of carbonyl (C=O) groups is 1. The molecule has 0 aliphatic carbocycles. The molecule has 0 saturated carbocycles. The first-order valence-electron chi connectivity index (χ1n) is 4.46. The highest BCUT2D eigenvalue weighted by Crippen LogP contribution is 2.22. The van der Waals surface area contributed by atoms with E-state index in [1.165, 1.54) is 13.2 Å². The van der Waals surface area contributed by atoms with Gasteiger partial charge in [-0.15, -0.1) is 11.8 Å². The van der Waals surface area contributed by atoms with Crippen LogP contribution in [0.4, 0.5) is 8.78 Å². The van der Waals surface area contributed by atoms with Crippen LogP contribution in [0.3, 0.4) is 0 Å². The monoisotopic (exact) mass is 247 g/mol. The van der Waals surface area contributed by atoms with Crippen LogP contribution in [0.2, 0.25) is 0 Å². The van der Waals surface area contributed by atoms with Crippen molar-refractivity contribution in [3.8, 4) is 0 Å². The number of esters is 1. The number of ether oxygens (including phenoxy) is 1. The molecule has 1 aromatic rings. The van der Waals surface area contributed by atoms with Crippen LogP contribution in [-0.4, -0.2) is 24.9 Å². The van der Waals surface area contributed by atoms with Crippen molar-refractivity contribution < 1.29 is 18.3 Å². The molecule has 0 saturated heterocycles. The van der Waals surface area contributed by atoms with Crippen molar-refractivity contribution in [2.75, 3.05) is 12.9 Å². The number of hydrogen-bond donors (Lipinski definition) is 1. The van der Waals surface area contributed by atoms with Gasteiger partial charge in [0.1, 0.15) is 17.7 Å². The second-order valence-electron chi connectivity index (χ2n) is 3.02. The van der Waals surface area contributed by atoms with E-state index in [-0.39, 0.29) is 10.6 Å². The average molecular weight is 247 g/mol. The van der Waals surface area contributed by atoms with Gasteiger partial charge in [-0.3, -0.25) is 4.79 Å². The molecule has 0 aliphatic heterocycles. The summed E-state index contributed by atoms with van der Waals surface area (Å²) < 4.78 is 30.2. The van der Waals surface area contributed by atoms with E-state index in [1.807, 2.05) is 0 Å². The van der Waals surface area contributed by atoms with Crippen molar-refractivity contribution >= 4 is 17.7 Å². The minimum absolute atomic E-state index is 0.176. The smallest absolute Gasteiger partial charge is 0.323 e. The number of nitrogens with two attached hydrogens (primary N) is 1. The van der Waals surface area contributed by atoms with Gasteiger partial charge in [0.25, 0.3) is 0 Å². The number of thioether (sulfide) groups is 1. The Morgan fingerprint density at radius 2 is 2.25 bits per heavy atom. The fourth-order valence-electron chi connectivity index (χ4n) is 0.991. The van der Waals surface area contributed by atoms with E-state index >= 15 is 0 Å². The Kier molecular flexibility index (Phi) is 4.70. The molecule has 1 rings (SSSR count). The first kappa shape index (κ1) is 12.9. The maximum absolute atomic E-state index is 13.2. The zero-order valence-corrected chi connectivity index (χ0v) is 9.39. The molecule has 0 amide bonds. The lowest BCUT2D eigenvalue weighted by Gasteiger charge is -2.08. The Hall–Kier alpha value is -1.14. The third kappa shape index (κ3) is 3.46. The summed E-state index contributed by atoms with van der Waals surface area (Å²) in [7, 11) is 1.23. The summed E-state index contributed by atoms with van der Waals surface area (Å²) >= 11 is 1.04. The van der Waals surface area contributed by atoms with Crippen LogP contribution in [0.25, 0.3) is 0 Å². The van der Waals surface area contributed by atoms with E-state index in [4.69, 9.17) is 5.73 Å². The maximum Gasteiger partial charge on any atom is 0.323 e. The minimum atomic E-state index is -0.820. The van der Waals surface area contributed by atoms with Crippen molar-refractivity contribution in [3.63, 3.8) is 0 Å². The summed E-state index contributed by atoms with van der Waals surface area (Å²) in [5, 5.41) is 0. The molecule has 16 heavy (non-hydrogen) atoms. The SMILES string of the molecule is COC(=O)C(N)CSc1ccc(F)cc1F. The molecule has 3 nitrogen and oxygen atoms in total. The van der Waals surface area contributed by atoms with E-state index in [2.05, 4.69) is 4.74 Å². The van der Waals surface area contributed by atoms with Gasteiger partial charge in [-0.25, -0.2) is 8.78 Å². The molecule has 2 N–H and O–H groups in total. The Morgan fingerprint density at radius 1 is 1.56 bits per heavy atom. The van der Waals surface area contributed by atoms with Crippen LogP contribution in [0, 0.1) is 11.6 Å².